The zero-order chi connectivity index (χ0) is 13.0. The fourth-order valence-electron chi connectivity index (χ4n) is 1.48. The maximum Gasteiger partial charge on any atom is 0.307 e. The van der Waals surface area contributed by atoms with Crippen LogP contribution in [0.2, 0.25) is 0 Å². The first-order chi connectivity index (χ1) is 8.66. The predicted octanol–water partition coefficient (Wildman–Crippen LogP) is 1.55. The van der Waals surface area contributed by atoms with Crippen LogP contribution in [0.5, 0.6) is 0 Å². The lowest BCUT2D eigenvalue weighted by Crippen LogP contribution is -2.13. The molecule has 1 heterocycles. The molecule has 1 aromatic carbocycles. The normalized spacial score (nSPS) is 10.0. The highest BCUT2D eigenvalue weighted by Crippen LogP contribution is 2.16. The summed E-state index contributed by atoms with van der Waals surface area (Å²) >= 11 is 0. The molecule has 0 bridgehead atoms. The Labute approximate surface area is 102 Å². The van der Waals surface area contributed by atoms with Crippen molar-refractivity contribution in [3.05, 3.63) is 47.9 Å². The summed E-state index contributed by atoms with van der Waals surface area (Å²) in [5, 5.41) is 14.8. The highest BCUT2D eigenvalue weighted by atomic mass is 16.5. The molecule has 0 radical (unpaired) electrons. The van der Waals surface area contributed by atoms with Crippen molar-refractivity contribution in [2.75, 3.05) is 5.32 Å². The van der Waals surface area contributed by atoms with Crippen molar-refractivity contribution in [3.8, 4) is 0 Å². The Kier molecular flexibility index (Phi) is 3.38. The highest BCUT2D eigenvalue weighted by Gasteiger charge is 2.13. The summed E-state index contributed by atoms with van der Waals surface area (Å²) in [5.74, 6) is -1.36. The van der Waals surface area contributed by atoms with Crippen molar-refractivity contribution < 1.29 is 19.2 Å². The van der Waals surface area contributed by atoms with Gasteiger partial charge in [0.05, 0.1) is 12.6 Å². The number of amides is 1. The molecule has 0 spiro atoms. The molecule has 92 valence electrons. The van der Waals surface area contributed by atoms with Crippen LogP contribution in [0.25, 0.3) is 0 Å². The second-order valence-electron chi connectivity index (χ2n) is 3.56. The summed E-state index contributed by atoms with van der Waals surface area (Å²) in [5.41, 5.74) is 0.971. The summed E-state index contributed by atoms with van der Waals surface area (Å²) in [7, 11) is 0. The fraction of sp³-hybridized carbons (Fsp3) is 0.0833. The lowest BCUT2D eigenvalue weighted by Gasteiger charge is -2.07. The number of para-hydroxylation sites is 1. The van der Waals surface area contributed by atoms with E-state index in [2.05, 4.69) is 10.5 Å². The number of anilines is 1. The summed E-state index contributed by atoms with van der Waals surface area (Å²) in [4.78, 5) is 22.4. The second kappa shape index (κ2) is 5.13. The van der Waals surface area contributed by atoms with Gasteiger partial charge in [0.1, 0.15) is 0 Å². The van der Waals surface area contributed by atoms with Crippen LogP contribution in [0.1, 0.15) is 16.1 Å². The SMILES string of the molecule is O=C(O)Cc1ccccc1NC(=O)c1ccno1. The predicted molar refractivity (Wildman–Crippen MR) is 62.2 cm³/mol. The third kappa shape index (κ3) is 2.73. The van der Waals surface area contributed by atoms with Gasteiger partial charge in [-0.05, 0) is 11.6 Å². The topological polar surface area (TPSA) is 92.4 Å². The molecule has 2 rings (SSSR count). The number of carboxylic acid groups (broad SMARTS) is 1. The van der Waals surface area contributed by atoms with Crippen LogP contribution in [0.3, 0.4) is 0 Å². The van der Waals surface area contributed by atoms with E-state index in [4.69, 9.17) is 9.63 Å². The molecule has 2 aromatic rings. The van der Waals surface area contributed by atoms with E-state index >= 15 is 0 Å². The van der Waals surface area contributed by atoms with Gasteiger partial charge in [0, 0.05) is 11.8 Å². The minimum atomic E-state index is -0.962. The van der Waals surface area contributed by atoms with E-state index in [0.717, 1.165) is 0 Å². The van der Waals surface area contributed by atoms with E-state index in [-0.39, 0.29) is 12.2 Å². The Morgan fingerprint density at radius 1 is 1.28 bits per heavy atom. The molecule has 0 saturated heterocycles. The van der Waals surface area contributed by atoms with Gasteiger partial charge < -0.3 is 14.9 Å². The molecule has 2 N–H and O–H groups in total. The van der Waals surface area contributed by atoms with Crippen LogP contribution in [-0.4, -0.2) is 22.1 Å². The van der Waals surface area contributed by atoms with Crippen molar-refractivity contribution in [3.63, 3.8) is 0 Å². The Hall–Kier alpha value is -2.63. The van der Waals surface area contributed by atoms with Gasteiger partial charge in [-0.15, -0.1) is 0 Å². The van der Waals surface area contributed by atoms with E-state index < -0.39 is 11.9 Å². The molecular weight excluding hydrogens is 236 g/mol. The van der Waals surface area contributed by atoms with E-state index in [0.29, 0.717) is 11.3 Å². The number of carbonyl (C=O) groups is 2. The number of carboxylic acids is 1. The lowest BCUT2D eigenvalue weighted by atomic mass is 10.1. The third-order valence-corrected chi connectivity index (χ3v) is 2.27. The van der Waals surface area contributed by atoms with Crippen LogP contribution in [-0.2, 0) is 11.2 Å². The van der Waals surface area contributed by atoms with Crippen LogP contribution in [0.4, 0.5) is 5.69 Å². The van der Waals surface area contributed by atoms with Gasteiger partial charge >= 0.3 is 5.97 Å². The van der Waals surface area contributed by atoms with Crippen molar-refractivity contribution >= 4 is 17.6 Å². The van der Waals surface area contributed by atoms with Gasteiger partial charge in [-0.25, -0.2) is 0 Å². The van der Waals surface area contributed by atoms with Crippen LogP contribution in [0.15, 0.2) is 41.1 Å². The maximum absolute atomic E-state index is 11.7. The minimum absolute atomic E-state index is 0.0696. The first-order valence-corrected chi connectivity index (χ1v) is 5.18. The molecule has 0 unspecified atom stereocenters. The van der Waals surface area contributed by atoms with Crippen LogP contribution in [0, 0.1) is 0 Å². The van der Waals surface area contributed by atoms with E-state index in [9.17, 15) is 9.59 Å². The number of aromatic nitrogens is 1. The Morgan fingerprint density at radius 3 is 2.72 bits per heavy atom. The minimum Gasteiger partial charge on any atom is -0.481 e. The molecule has 0 fully saturated rings. The first-order valence-electron chi connectivity index (χ1n) is 5.18. The number of aliphatic carboxylic acids is 1. The van der Waals surface area contributed by atoms with Crippen molar-refractivity contribution in [1.82, 2.24) is 5.16 Å². The fourth-order valence-corrected chi connectivity index (χ4v) is 1.48. The monoisotopic (exact) mass is 246 g/mol. The largest absolute Gasteiger partial charge is 0.481 e. The number of nitrogens with one attached hydrogen (secondary N) is 1. The molecule has 0 saturated carbocycles. The standard InChI is InChI=1S/C12H10N2O4/c15-11(16)7-8-3-1-2-4-9(8)14-12(17)10-5-6-13-18-10/h1-6H,7H2,(H,14,17)(H,15,16). The van der Waals surface area contributed by atoms with Gasteiger partial charge in [-0.1, -0.05) is 23.4 Å². The van der Waals surface area contributed by atoms with Crippen molar-refractivity contribution in [2.24, 2.45) is 0 Å². The second-order valence-corrected chi connectivity index (χ2v) is 3.56. The number of carbonyl (C=O) groups excluding carboxylic acids is 1. The first kappa shape index (κ1) is 11.8. The number of nitrogens with zero attached hydrogens (tertiary/aromatic N) is 1. The highest BCUT2D eigenvalue weighted by molar-refractivity contribution is 6.02. The van der Waals surface area contributed by atoms with Gasteiger partial charge in [-0.3, -0.25) is 9.59 Å². The third-order valence-electron chi connectivity index (χ3n) is 2.27. The van der Waals surface area contributed by atoms with Crippen molar-refractivity contribution in [2.45, 2.75) is 6.42 Å². The number of benzene rings is 1. The average molecular weight is 246 g/mol. The molecule has 6 nitrogen and oxygen atoms in total. The van der Waals surface area contributed by atoms with Crippen LogP contribution >= 0.6 is 0 Å². The molecule has 1 aromatic heterocycles. The molecule has 18 heavy (non-hydrogen) atoms. The van der Waals surface area contributed by atoms with Gasteiger partial charge in [-0.2, -0.15) is 0 Å². The Bertz CT molecular complexity index is 563. The van der Waals surface area contributed by atoms with E-state index in [1.54, 1.807) is 24.3 Å². The summed E-state index contributed by atoms with van der Waals surface area (Å²) < 4.78 is 4.71. The Balaban J connectivity index is 2.18. The zero-order valence-electron chi connectivity index (χ0n) is 9.29. The molecule has 0 aliphatic rings. The zero-order valence-corrected chi connectivity index (χ0v) is 9.29. The smallest absolute Gasteiger partial charge is 0.307 e. The molecule has 0 aliphatic carbocycles. The summed E-state index contributed by atoms with van der Waals surface area (Å²) in [6, 6.07) is 8.12. The van der Waals surface area contributed by atoms with E-state index in [1.165, 1.54) is 12.3 Å². The molecule has 6 heteroatoms. The van der Waals surface area contributed by atoms with E-state index in [1.807, 2.05) is 0 Å². The van der Waals surface area contributed by atoms with Gasteiger partial charge in [0.2, 0.25) is 5.76 Å². The van der Waals surface area contributed by atoms with Gasteiger partial charge in [0.25, 0.3) is 5.91 Å². The summed E-state index contributed by atoms with van der Waals surface area (Å²) in [6.07, 6.45) is 1.20. The lowest BCUT2D eigenvalue weighted by molar-refractivity contribution is -0.136. The molecule has 0 aliphatic heterocycles. The van der Waals surface area contributed by atoms with Crippen LogP contribution < -0.4 is 5.32 Å². The molecule has 1 amide bonds. The number of rotatable bonds is 4. The summed E-state index contributed by atoms with van der Waals surface area (Å²) in [6.45, 7) is 0. The van der Waals surface area contributed by atoms with Crippen molar-refractivity contribution in [1.29, 1.82) is 0 Å². The quantitative estimate of drug-likeness (QED) is 0.853. The number of hydrogen-bond donors (Lipinski definition) is 2. The average Bonchev–Trinajstić information content (AvgIpc) is 2.84. The number of hydrogen-bond acceptors (Lipinski definition) is 4. The molecular formula is C12H10N2O4. The van der Waals surface area contributed by atoms with Gasteiger partial charge in [0.15, 0.2) is 0 Å². The molecule has 0 atom stereocenters. The Morgan fingerprint density at radius 2 is 2.06 bits per heavy atom. The maximum atomic E-state index is 11.7.